The second-order valence-electron chi connectivity index (χ2n) is 6.70. The fourth-order valence-corrected chi connectivity index (χ4v) is 3.28. The van der Waals surface area contributed by atoms with Gasteiger partial charge in [-0.3, -0.25) is 14.3 Å². The highest BCUT2D eigenvalue weighted by Crippen LogP contribution is 2.34. The van der Waals surface area contributed by atoms with E-state index in [-0.39, 0.29) is 11.1 Å². The molecule has 0 aliphatic rings. The third-order valence-electron chi connectivity index (χ3n) is 4.76. The first-order valence-corrected chi connectivity index (χ1v) is 9.11. The normalized spacial score (nSPS) is 11.5. The maximum Gasteiger partial charge on any atom is 0.416 e. The fourth-order valence-electron chi connectivity index (χ4n) is 3.28. The highest BCUT2D eigenvalue weighted by atomic mass is 19.4. The molecule has 0 radical (unpaired) electrons. The van der Waals surface area contributed by atoms with Crippen molar-refractivity contribution < 1.29 is 13.2 Å². The molecule has 30 heavy (non-hydrogen) atoms. The molecule has 4 nitrogen and oxygen atoms in total. The summed E-state index contributed by atoms with van der Waals surface area (Å²) in [5.41, 5.74) is 0.623. The van der Waals surface area contributed by atoms with E-state index in [0.717, 1.165) is 17.7 Å². The van der Waals surface area contributed by atoms with Gasteiger partial charge in [0.2, 0.25) is 0 Å². The minimum absolute atomic E-state index is 0.106. The van der Waals surface area contributed by atoms with Crippen LogP contribution in [-0.2, 0) is 13.2 Å². The second kappa shape index (κ2) is 7.59. The summed E-state index contributed by atoms with van der Waals surface area (Å²) in [5.74, 6) is 0.420. The van der Waals surface area contributed by atoms with Crippen molar-refractivity contribution in [2.45, 2.75) is 6.18 Å². The summed E-state index contributed by atoms with van der Waals surface area (Å²) in [5, 5.41) is 0. The number of alkyl halides is 3. The molecule has 0 aliphatic carbocycles. The molecule has 0 saturated heterocycles. The van der Waals surface area contributed by atoms with Gasteiger partial charge in [-0.1, -0.05) is 42.5 Å². The number of hydrogen-bond acceptors (Lipinski definition) is 3. The number of hydrogen-bond donors (Lipinski definition) is 0. The van der Waals surface area contributed by atoms with E-state index in [1.165, 1.54) is 16.7 Å². The van der Waals surface area contributed by atoms with Crippen molar-refractivity contribution in [3.63, 3.8) is 0 Å². The van der Waals surface area contributed by atoms with E-state index in [1.54, 1.807) is 31.6 Å². The zero-order valence-corrected chi connectivity index (χ0v) is 15.9. The molecule has 0 unspecified atom stereocenters. The lowest BCUT2D eigenvalue weighted by atomic mass is 9.98. The van der Waals surface area contributed by atoms with Crippen LogP contribution in [0.1, 0.15) is 5.56 Å². The second-order valence-corrected chi connectivity index (χ2v) is 6.70. The van der Waals surface area contributed by atoms with Crippen molar-refractivity contribution >= 4 is 0 Å². The predicted octanol–water partition coefficient (Wildman–Crippen LogP) is 5.20. The number of pyridine rings is 1. The molecule has 0 aliphatic heterocycles. The van der Waals surface area contributed by atoms with Crippen molar-refractivity contribution in [3.05, 3.63) is 95.0 Å². The Balaban J connectivity index is 2.04. The third-order valence-corrected chi connectivity index (χ3v) is 4.76. The molecule has 0 bridgehead atoms. The lowest BCUT2D eigenvalue weighted by Gasteiger charge is -2.16. The van der Waals surface area contributed by atoms with Crippen LogP contribution in [-0.4, -0.2) is 14.5 Å². The van der Waals surface area contributed by atoms with E-state index in [0.29, 0.717) is 17.1 Å². The first kappa shape index (κ1) is 19.6. The third kappa shape index (κ3) is 3.61. The van der Waals surface area contributed by atoms with E-state index in [4.69, 9.17) is 4.98 Å². The van der Waals surface area contributed by atoms with Crippen LogP contribution < -0.4 is 5.56 Å². The Hall–Kier alpha value is -3.74. The topological polar surface area (TPSA) is 47.8 Å². The maximum atomic E-state index is 13.3. The standard InChI is InChI=1S/C23H16F3N3O/c1-29-21(16-6-3-2-4-7-16)28-20(15-10-12-27-13-11-15)19(22(29)30)17-8-5-9-18(14-17)23(24,25)26/h2-14H,1H3. The molecule has 2 aromatic carbocycles. The Bertz CT molecular complexity index is 1250. The number of rotatable bonds is 3. The van der Waals surface area contributed by atoms with Gasteiger partial charge < -0.3 is 0 Å². The predicted molar refractivity (Wildman–Crippen MR) is 109 cm³/mol. The summed E-state index contributed by atoms with van der Waals surface area (Å²) in [4.78, 5) is 22.0. The molecular weight excluding hydrogens is 391 g/mol. The quantitative estimate of drug-likeness (QED) is 0.469. The smallest absolute Gasteiger partial charge is 0.295 e. The van der Waals surface area contributed by atoms with Gasteiger partial charge in [-0.15, -0.1) is 0 Å². The number of nitrogens with zero attached hydrogens (tertiary/aromatic N) is 3. The van der Waals surface area contributed by atoms with Crippen LogP contribution in [0.4, 0.5) is 13.2 Å². The van der Waals surface area contributed by atoms with Crippen LogP contribution >= 0.6 is 0 Å². The summed E-state index contributed by atoms with van der Waals surface area (Å²) in [6, 6.07) is 17.2. The van der Waals surface area contributed by atoms with Gasteiger partial charge in [-0.25, -0.2) is 4.98 Å². The van der Waals surface area contributed by atoms with Gasteiger partial charge in [0.1, 0.15) is 5.82 Å². The Morgan fingerprint density at radius 2 is 1.50 bits per heavy atom. The van der Waals surface area contributed by atoms with Crippen LogP contribution in [0.2, 0.25) is 0 Å². The van der Waals surface area contributed by atoms with Gasteiger partial charge in [0, 0.05) is 30.6 Å². The average Bonchev–Trinajstić information content (AvgIpc) is 2.76. The molecule has 0 fully saturated rings. The molecule has 0 N–H and O–H groups in total. The van der Waals surface area contributed by atoms with Gasteiger partial charge in [-0.05, 0) is 29.8 Å². The molecule has 150 valence electrons. The Kier molecular flexibility index (Phi) is 4.95. The summed E-state index contributed by atoms with van der Waals surface area (Å²) in [6.07, 6.45) is -1.42. The van der Waals surface area contributed by atoms with Crippen molar-refractivity contribution in [2.24, 2.45) is 7.05 Å². The van der Waals surface area contributed by atoms with Crippen LogP contribution in [0, 0.1) is 0 Å². The lowest BCUT2D eigenvalue weighted by Crippen LogP contribution is -2.23. The summed E-state index contributed by atoms with van der Waals surface area (Å²) >= 11 is 0. The van der Waals surface area contributed by atoms with Gasteiger partial charge >= 0.3 is 6.18 Å². The minimum atomic E-state index is -4.52. The van der Waals surface area contributed by atoms with Crippen molar-refractivity contribution in [1.82, 2.24) is 14.5 Å². The minimum Gasteiger partial charge on any atom is -0.295 e. The zero-order chi connectivity index (χ0) is 21.3. The number of aromatic nitrogens is 3. The molecule has 0 spiro atoms. The van der Waals surface area contributed by atoms with Gasteiger partial charge in [-0.2, -0.15) is 13.2 Å². The lowest BCUT2D eigenvalue weighted by molar-refractivity contribution is -0.137. The number of halogens is 3. The fraction of sp³-hybridized carbons (Fsp3) is 0.0870. The monoisotopic (exact) mass is 407 g/mol. The zero-order valence-electron chi connectivity index (χ0n) is 15.9. The molecular formula is C23H16F3N3O. The van der Waals surface area contributed by atoms with E-state index in [9.17, 15) is 18.0 Å². The van der Waals surface area contributed by atoms with Crippen molar-refractivity contribution in [3.8, 4) is 33.8 Å². The molecule has 2 heterocycles. The van der Waals surface area contributed by atoms with Crippen molar-refractivity contribution in [1.29, 1.82) is 0 Å². The average molecular weight is 407 g/mol. The van der Waals surface area contributed by atoms with Crippen LogP contribution in [0.5, 0.6) is 0 Å². The largest absolute Gasteiger partial charge is 0.416 e. The summed E-state index contributed by atoms with van der Waals surface area (Å²) < 4.78 is 41.2. The Morgan fingerprint density at radius 1 is 0.833 bits per heavy atom. The van der Waals surface area contributed by atoms with E-state index in [2.05, 4.69) is 4.98 Å². The van der Waals surface area contributed by atoms with E-state index in [1.807, 2.05) is 30.3 Å². The highest BCUT2D eigenvalue weighted by molar-refractivity contribution is 5.81. The van der Waals surface area contributed by atoms with Gasteiger partial charge in [0.15, 0.2) is 0 Å². The van der Waals surface area contributed by atoms with Crippen molar-refractivity contribution in [2.75, 3.05) is 0 Å². The first-order valence-electron chi connectivity index (χ1n) is 9.11. The van der Waals surface area contributed by atoms with E-state index < -0.39 is 17.3 Å². The number of benzene rings is 2. The Labute approximate surface area is 170 Å². The molecule has 0 atom stereocenters. The molecule has 0 saturated carbocycles. The molecule has 4 rings (SSSR count). The molecule has 4 aromatic rings. The summed E-state index contributed by atoms with van der Waals surface area (Å²) in [7, 11) is 1.56. The van der Waals surface area contributed by atoms with Crippen LogP contribution in [0.15, 0.2) is 83.9 Å². The SMILES string of the molecule is Cn1c(-c2ccccc2)nc(-c2ccncc2)c(-c2cccc(C(F)(F)F)c2)c1=O. The maximum absolute atomic E-state index is 13.3. The van der Waals surface area contributed by atoms with E-state index >= 15 is 0 Å². The highest BCUT2D eigenvalue weighted by Gasteiger charge is 2.31. The van der Waals surface area contributed by atoms with Gasteiger partial charge in [0.05, 0.1) is 16.8 Å². The Morgan fingerprint density at radius 3 is 2.17 bits per heavy atom. The van der Waals surface area contributed by atoms with Gasteiger partial charge in [0.25, 0.3) is 5.56 Å². The molecule has 2 aromatic heterocycles. The molecule has 7 heteroatoms. The van der Waals surface area contributed by atoms with Crippen LogP contribution in [0.3, 0.4) is 0 Å². The first-order chi connectivity index (χ1) is 14.4. The van der Waals surface area contributed by atoms with Crippen LogP contribution in [0.25, 0.3) is 33.8 Å². The summed E-state index contributed by atoms with van der Waals surface area (Å²) in [6.45, 7) is 0. The molecule has 0 amide bonds.